The molecular weight excluding hydrogens is 389 g/mol. The standard InChI is InChI=1S/C17H12Cl2F2N2O3/c1-25-12-5-3-9(7-13(12)26-17(20)21)22-16(24)15-14(19)10-6-8(18)2-4-11(10)23-15/h2-7,17,23H,1H3,(H,22,24). The zero-order valence-electron chi connectivity index (χ0n) is 13.3. The molecule has 3 rings (SSSR count). The number of alkyl halides is 2. The molecule has 0 aliphatic heterocycles. The number of nitrogens with one attached hydrogen (secondary N) is 2. The van der Waals surface area contributed by atoms with Gasteiger partial charge in [0.2, 0.25) is 0 Å². The molecule has 0 spiro atoms. The normalized spacial score (nSPS) is 11.0. The summed E-state index contributed by atoms with van der Waals surface area (Å²) in [6.45, 7) is -3.03. The Morgan fingerprint density at radius 2 is 1.92 bits per heavy atom. The van der Waals surface area contributed by atoms with Crippen LogP contribution in [0.15, 0.2) is 36.4 Å². The van der Waals surface area contributed by atoms with Gasteiger partial charge in [-0.05, 0) is 30.3 Å². The number of aromatic nitrogens is 1. The molecule has 26 heavy (non-hydrogen) atoms. The predicted octanol–water partition coefficient (Wildman–Crippen LogP) is 5.34. The van der Waals surface area contributed by atoms with Gasteiger partial charge in [0, 0.05) is 27.7 Å². The number of hydrogen-bond donors (Lipinski definition) is 2. The summed E-state index contributed by atoms with van der Waals surface area (Å²) in [7, 11) is 1.32. The predicted molar refractivity (Wildman–Crippen MR) is 95.9 cm³/mol. The molecular formula is C17H12Cl2F2N2O3. The number of carbonyl (C=O) groups excluding carboxylic acids is 1. The van der Waals surface area contributed by atoms with E-state index in [0.29, 0.717) is 15.9 Å². The van der Waals surface area contributed by atoms with Gasteiger partial charge in [-0.2, -0.15) is 8.78 Å². The molecule has 3 aromatic rings. The van der Waals surface area contributed by atoms with Gasteiger partial charge in [-0.25, -0.2) is 0 Å². The second-order valence-corrected chi connectivity index (χ2v) is 6.02. The number of anilines is 1. The third-order valence-electron chi connectivity index (χ3n) is 3.56. The first kappa shape index (κ1) is 18.3. The van der Waals surface area contributed by atoms with Crippen molar-refractivity contribution in [3.05, 3.63) is 52.1 Å². The number of amides is 1. The van der Waals surface area contributed by atoms with E-state index in [1.165, 1.54) is 25.3 Å². The third-order valence-corrected chi connectivity index (χ3v) is 4.19. The Morgan fingerprint density at radius 3 is 2.62 bits per heavy atom. The minimum atomic E-state index is -3.03. The van der Waals surface area contributed by atoms with Crippen LogP contribution in [-0.2, 0) is 0 Å². The fraction of sp³-hybridized carbons (Fsp3) is 0.118. The Bertz CT molecular complexity index is 976. The second-order valence-electron chi connectivity index (χ2n) is 5.20. The molecule has 0 aliphatic carbocycles. The van der Waals surface area contributed by atoms with Crippen LogP contribution in [0.2, 0.25) is 10.0 Å². The summed E-state index contributed by atoms with van der Waals surface area (Å²) in [6, 6.07) is 9.12. The number of halogens is 4. The SMILES string of the molecule is COc1ccc(NC(=O)c2[nH]c3ccc(Cl)cc3c2Cl)cc1OC(F)F. The highest BCUT2D eigenvalue weighted by atomic mass is 35.5. The van der Waals surface area contributed by atoms with E-state index in [1.807, 2.05) is 0 Å². The summed E-state index contributed by atoms with van der Waals surface area (Å²) in [4.78, 5) is 15.4. The largest absolute Gasteiger partial charge is 0.493 e. The molecule has 136 valence electrons. The summed E-state index contributed by atoms with van der Waals surface area (Å²) in [5.41, 5.74) is 0.997. The topological polar surface area (TPSA) is 63.3 Å². The fourth-order valence-electron chi connectivity index (χ4n) is 2.42. The average molecular weight is 401 g/mol. The van der Waals surface area contributed by atoms with Crippen LogP contribution in [0.3, 0.4) is 0 Å². The van der Waals surface area contributed by atoms with Crippen molar-refractivity contribution in [3.8, 4) is 11.5 Å². The Morgan fingerprint density at radius 1 is 1.15 bits per heavy atom. The van der Waals surface area contributed by atoms with Gasteiger partial charge in [0.25, 0.3) is 5.91 Å². The number of benzene rings is 2. The second kappa shape index (κ2) is 7.39. The maximum Gasteiger partial charge on any atom is 0.387 e. The summed E-state index contributed by atoms with van der Waals surface area (Å²) in [5.74, 6) is -0.633. The van der Waals surface area contributed by atoms with E-state index in [-0.39, 0.29) is 27.9 Å². The van der Waals surface area contributed by atoms with Crippen molar-refractivity contribution in [2.24, 2.45) is 0 Å². The molecule has 1 amide bonds. The van der Waals surface area contributed by atoms with E-state index in [2.05, 4.69) is 15.0 Å². The van der Waals surface area contributed by atoms with Gasteiger partial charge in [0.15, 0.2) is 11.5 Å². The number of H-pyrrole nitrogens is 1. The highest BCUT2D eigenvalue weighted by molar-refractivity contribution is 6.40. The van der Waals surface area contributed by atoms with E-state index in [9.17, 15) is 13.6 Å². The molecule has 0 saturated carbocycles. The van der Waals surface area contributed by atoms with Crippen molar-refractivity contribution in [1.29, 1.82) is 0 Å². The van der Waals surface area contributed by atoms with Crippen LogP contribution in [0.25, 0.3) is 10.9 Å². The molecule has 1 heterocycles. The van der Waals surface area contributed by atoms with E-state index >= 15 is 0 Å². The number of rotatable bonds is 5. The van der Waals surface area contributed by atoms with Crippen molar-refractivity contribution in [1.82, 2.24) is 4.98 Å². The van der Waals surface area contributed by atoms with E-state index in [1.54, 1.807) is 18.2 Å². The maximum absolute atomic E-state index is 12.5. The molecule has 0 atom stereocenters. The van der Waals surface area contributed by atoms with Crippen LogP contribution < -0.4 is 14.8 Å². The molecule has 0 saturated heterocycles. The van der Waals surface area contributed by atoms with Gasteiger partial charge in [-0.15, -0.1) is 0 Å². The Labute approximate surface area is 156 Å². The van der Waals surface area contributed by atoms with E-state index in [4.69, 9.17) is 27.9 Å². The van der Waals surface area contributed by atoms with Gasteiger partial charge in [-0.3, -0.25) is 4.79 Å². The van der Waals surface area contributed by atoms with Crippen molar-refractivity contribution in [2.75, 3.05) is 12.4 Å². The summed E-state index contributed by atoms with van der Waals surface area (Å²) in [6.07, 6.45) is 0. The number of carbonyl (C=O) groups is 1. The zero-order chi connectivity index (χ0) is 18.8. The number of methoxy groups -OCH3 is 1. The number of hydrogen-bond acceptors (Lipinski definition) is 3. The number of fused-ring (bicyclic) bond motifs is 1. The highest BCUT2D eigenvalue weighted by Gasteiger charge is 2.18. The molecule has 2 aromatic carbocycles. The molecule has 2 N–H and O–H groups in total. The summed E-state index contributed by atoms with van der Waals surface area (Å²) >= 11 is 12.2. The van der Waals surface area contributed by atoms with Crippen molar-refractivity contribution in [3.63, 3.8) is 0 Å². The molecule has 9 heteroatoms. The summed E-state index contributed by atoms with van der Waals surface area (Å²) in [5, 5.41) is 3.86. The van der Waals surface area contributed by atoms with Gasteiger partial charge >= 0.3 is 6.61 Å². The molecule has 0 fully saturated rings. The van der Waals surface area contributed by atoms with Crippen LogP contribution in [0.5, 0.6) is 11.5 Å². The monoisotopic (exact) mass is 400 g/mol. The van der Waals surface area contributed by atoms with Crippen molar-refractivity contribution in [2.45, 2.75) is 6.61 Å². The van der Waals surface area contributed by atoms with Gasteiger partial charge in [-0.1, -0.05) is 23.2 Å². The van der Waals surface area contributed by atoms with Crippen LogP contribution in [0.4, 0.5) is 14.5 Å². The zero-order valence-corrected chi connectivity index (χ0v) is 14.8. The van der Waals surface area contributed by atoms with Gasteiger partial charge in [0.1, 0.15) is 5.69 Å². The first-order chi connectivity index (χ1) is 12.4. The lowest BCUT2D eigenvalue weighted by Crippen LogP contribution is -2.13. The van der Waals surface area contributed by atoms with Crippen molar-refractivity contribution >= 4 is 45.7 Å². The van der Waals surface area contributed by atoms with Crippen LogP contribution in [0, 0.1) is 0 Å². The number of ether oxygens (including phenoxy) is 2. The molecule has 1 aromatic heterocycles. The fourth-order valence-corrected chi connectivity index (χ4v) is 2.89. The Balaban J connectivity index is 1.89. The highest BCUT2D eigenvalue weighted by Crippen LogP contribution is 2.33. The van der Waals surface area contributed by atoms with E-state index in [0.717, 1.165) is 0 Å². The van der Waals surface area contributed by atoms with Crippen LogP contribution in [0.1, 0.15) is 10.5 Å². The van der Waals surface area contributed by atoms with Gasteiger partial charge in [0.05, 0.1) is 12.1 Å². The third kappa shape index (κ3) is 3.68. The van der Waals surface area contributed by atoms with E-state index < -0.39 is 12.5 Å². The lowest BCUT2D eigenvalue weighted by molar-refractivity contribution is -0.0511. The molecule has 0 unspecified atom stereocenters. The maximum atomic E-state index is 12.5. The van der Waals surface area contributed by atoms with Crippen molar-refractivity contribution < 1.29 is 23.0 Å². The van der Waals surface area contributed by atoms with Crippen LogP contribution >= 0.6 is 23.2 Å². The molecule has 0 radical (unpaired) electrons. The quantitative estimate of drug-likeness (QED) is 0.607. The van der Waals surface area contributed by atoms with Gasteiger partial charge < -0.3 is 19.8 Å². The number of aromatic amines is 1. The Kier molecular flexibility index (Phi) is 5.20. The molecule has 0 aliphatic rings. The lowest BCUT2D eigenvalue weighted by atomic mass is 10.2. The first-order valence-electron chi connectivity index (χ1n) is 7.30. The summed E-state index contributed by atoms with van der Waals surface area (Å²) < 4.78 is 34.3. The minimum Gasteiger partial charge on any atom is -0.493 e. The Hall–Kier alpha value is -2.51. The average Bonchev–Trinajstić information content (AvgIpc) is 2.91. The molecule has 5 nitrogen and oxygen atoms in total. The first-order valence-corrected chi connectivity index (χ1v) is 8.05. The lowest BCUT2D eigenvalue weighted by Gasteiger charge is -2.12. The molecule has 0 bridgehead atoms. The minimum absolute atomic E-state index is 0.113. The smallest absolute Gasteiger partial charge is 0.387 e. The van der Waals surface area contributed by atoms with Crippen LogP contribution in [-0.4, -0.2) is 24.6 Å².